The molecule has 2 fully saturated rings. The number of hydrogen-bond acceptors (Lipinski definition) is 3. The SMILES string of the molecule is CCC(CC)(CNC(=NC)NC1CC2CCC1O2)NC(C)c1ccccc1.I. The fraction of sp³-hybridized carbons (Fsp3) is 0.682. The second kappa shape index (κ2) is 10.8. The summed E-state index contributed by atoms with van der Waals surface area (Å²) < 4.78 is 5.96. The first-order valence-corrected chi connectivity index (χ1v) is 10.5. The van der Waals surface area contributed by atoms with Crippen molar-refractivity contribution in [3.63, 3.8) is 0 Å². The van der Waals surface area contributed by atoms with Gasteiger partial charge in [-0.2, -0.15) is 0 Å². The summed E-state index contributed by atoms with van der Waals surface area (Å²) in [4.78, 5) is 4.46. The molecule has 2 bridgehead atoms. The molecular weight excluding hydrogens is 463 g/mol. The number of nitrogens with one attached hydrogen (secondary N) is 3. The van der Waals surface area contributed by atoms with E-state index < -0.39 is 0 Å². The van der Waals surface area contributed by atoms with E-state index in [1.807, 2.05) is 7.05 Å². The third-order valence-corrected chi connectivity index (χ3v) is 6.42. The van der Waals surface area contributed by atoms with Crippen LogP contribution in [0.2, 0.25) is 0 Å². The van der Waals surface area contributed by atoms with E-state index in [2.05, 4.69) is 72.0 Å². The Kier molecular flexibility index (Phi) is 9.02. The van der Waals surface area contributed by atoms with Crippen LogP contribution in [-0.4, -0.2) is 43.3 Å². The molecular formula is C22H37IN4O. The second-order valence-electron chi connectivity index (χ2n) is 8.05. The molecule has 0 radical (unpaired) electrons. The highest BCUT2D eigenvalue weighted by Gasteiger charge is 2.41. The van der Waals surface area contributed by atoms with E-state index in [0.717, 1.165) is 31.8 Å². The van der Waals surface area contributed by atoms with Gasteiger partial charge in [-0.15, -0.1) is 24.0 Å². The number of halogens is 1. The van der Waals surface area contributed by atoms with Gasteiger partial charge in [0.25, 0.3) is 0 Å². The average molecular weight is 500 g/mol. The highest BCUT2D eigenvalue weighted by atomic mass is 127. The van der Waals surface area contributed by atoms with Crippen molar-refractivity contribution in [2.24, 2.45) is 4.99 Å². The van der Waals surface area contributed by atoms with Gasteiger partial charge in [-0.05, 0) is 44.6 Å². The second-order valence-corrected chi connectivity index (χ2v) is 8.05. The average Bonchev–Trinajstić information content (AvgIpc) is 3.33. The minimum absolute atomic E-state index is 0. The topological polar surface area (TPSA) is 57.7 Å². The van der Waals surface area contributed by atoms with Crippen LogP contribution in [0.5, 0.6) is 0 Å². The van der Waals surface area contributed by atoms with E-state index in [-0.39, 0.29) is 29.5 Å². The lowest BCUT2D eigenvalue weighted by atomic mass is 9.90. The van der Waals surface area contributed by atoms with Gasteiger partial charge in [0, 0.05) is 25.2 Å². The number of rotatable bonds is 8. The minimum atomic E-state index is 0. The Balaban J connectivity index is 0.00000280. The van der Waals surface area contributed by atoms with Gasteiger partial charge < -0.3 is 20.7 Å². The van der Waals surface area contributed by atoms with Crippen LogP contribution in [0.1, 0.15) is 64.5 Å². The summed E-state index contributed by atoms with van der Waals surface area (Å²) in [5.74, 6) is 0.886. The Morgan fingerprint density at radius 1 is 1.21 bits per heavy atom. The molecule has 4 unspecified atom stereocenters. The van der Waals surface area contributed by atoms with E-state index >= 15 is 0 Å². The van der Waals surface area contributed by atoms with Crippen molar-refractivity contribution in [3.05, 3.63) is 35.9 Å². The molecule has 158 valence electrons. The monoisotopic (exact) mass is 500 g/mol. The molecule has 3 rings (SSSR count). The Morgan fingerprint density at radius 2 is 1.93 bits per heavy atom. The van der Waals surface area contributed by atoms with Crippen molar-refractivity contribution in [2.45, 2.75) is 82.7 Å². The summed E-state index contributed by atoms with van der Waals surface area (Å²) in [7, 11) is 1.85. The standard InChI is InChI=1S/C22H36N4O.HI/c1-5-22(6-2,26-16(3)17-10-8-7-9-11-17)15-24-21(23-4)25-19-14-18-12-13-20(19)27-18;/h7-11,16,18-20,26H,5-6,12-15H2,1-4H3,(H2,23,24,25);1H. The molecule has 2 aliphatic rings. The summed E-state index contributed by atoms with van der Waals surface area (Å²) in [5, 5.41) is 11.0. The summed E-state index contributed by atoms with van der Waals surface area (Å²) in [6.45, 7) is 7.61. The molecule has 0 aromatic heterocycles. The van der Waals surface area contributed by atoms with Crippen LogP contribution in [0.25, 0.3) is 0 Å². The molecule has 1 aromatic rings. The highest BCUT2D eigenvalue weighted by Crippen LogP contribution is 2.34. The van der Waals surface area contributed by atoms with Crippen molar-refractivity contribution in [1.29, 1.82) is 0 Å². The van der Waals surface area contributed by atoms with Crippen LogP contribution in [0.15, 0.2) is 35.3 Å². The highest BCUT2D eigenvalue weighted by molar-refractivity contribution is 14.0. The molecule has 4 atom stereocenters. The van der Waals surface area contributed by atoms with Crippen LogP contribution in [0.4, 0.5) is 0 Å². The molecule has 0 amide bonds. The molecule has 2 saturated heterocycles. The molecule has 2 heterocycles. The fourth-order valence-electron chi connectivity index (χ4n) is 4.45. The van der Waals surface area contributed by atoms with Gasteiger partial charge in [-0.3, -0.25) is 4.99 Å². The van der Waals surface area contributed by atoms with Crippen molar-refractivity contribution in [2.75, 3.05) is 13.6 Å². The largest absolute Gasteiger partial charge is 0.373 e. The summed E-state index contributed by atoms with van der Waals surface area (Å²) in [5.41, 5.74) is 1.35. The third kappa shape index (κ3) is 5.60. The molecule has 6 heteroatoms. The Bertz CT molecular complexity index is 620. The van der Waals surface area contributed by atoms with Gasteiger partial charge in [-0.25, -0.2) is 0 Å². The Hall–Kier alpha value is -0.860. The summed E-state index contributed by atoms with van der Waals surface area (Å²) in [6.07, 6.45) is 6.40. The van der Waals surface area contributed by atoms with Gasteiger partial charge in [-0.1, -0.05) is 44.2 Å². The fourth-order valence-corrected chi connectivity index (χ4v) is 4.45. The predicted molar refractivity (Wildman–Crippen MR) is 128 cm³/mol. The number of hydrogen-bond donors (Lipinski definition) is 3. The van der Waals surface area contributed by atoms with Crippen molar-refractivity contribution in [3.8, 4) is 0 Å². The first-order valence-electron chi connectivity index (χ1n) is 10.5. The smallest absolute Gasteiger partial charge is 0.191 e. The lowest BCUT2D eigenvalue weighted by Crippen LogP contribution is -2.56. The van der Waals surface area contributed by atoms with Gasteiger partial charge in [0.15, 0.2) is 5.96 Å². The van der Waals surface area contributed by atoms with Crippen LogP contribution in [0, 0.1) is 0 Å². The van der Waals surface area contributed by atoms with Crippen molar-refractivity contribution >= 4 is 29.9 Å². The molecule has 2 aliphatic heterocycles. The molecule has 0 saturated carbocycles. The van der Waals surface area contributed by atoms with E-state index in [9.17, 15) is 0 Å². The van der Waals surface area contributed by atoms with Crippen molar-refractivity contribution < 1.29 is 4.74 Å². The normalized spacial score (nSPS) is 25.3. The Morgan fingerprint density at radius 3 is 2.46 bits per heavy atom. The van der Waals surface area contributed by atoms with E-state index in [1.165, 1.54) is 18.4 Å². The van der Waals surface area contributed by atoms with Crippen LogP contribution < -0.4 is 16.0 Å². The third-order valence-electron chi connectivity index (χ3n) is 6.42. The maximum Gasteiger partial charge on any atom is 0.191 e. The maximum atomic E-state index is 5.96. The molecule has 5 nitrogen and oxygen atoms in total. The zero-order valence-electron chi connectivity index (χ0n) is 17.7. The van der Waals surface area contributed by atoms with E-state index in [1.54, 1.807) is 0 Å². The summed E-state index contributed by atoms with van der Waals surface area (Å²) >= 11 is 0. The van der Waals surface area contributed by atoms with E-state index in [0.29, 0.717) is 24.3 Å². The Labute approximate surface area is 187 Å². The number of guanidine groups is 1. The molecule has 3 N–H and O–H groups in total. The molecule has 0 aliphatic carbocycles. The number of fused-ring (bicyclic) bond motifs is 2. The maximum absolute atomic E-state index is 5.96. The number of benzene rings is 1. The van der Waals surface area contributed by atoms with E-state index in [4.69, 9.17) is 4.74 Å². The van der Waals surface area contributed by atoms with Crippen LogP contribution in [0.3, 0.4) is 0 Å². The number of aliphatic imine (C=N–C) groups is 1. The quantitative estimate of drug-likeness (QED) is 0.287. The lowest BCUT2D eigenvalue weighted by Gasteiger charge is -2.37. The molecule has 28 heavy (non-hydrogen) atoms. The zero-order chi connectivity index (χ0) is 19.3. The predicted octanol–water partition coefficient (Wildman–Crippen LogP) is 4.00. The lowest BCUT2D eigenvalue weighted by molar-refractivity contribution is 0.0992. The van der Waals surface area contributed by atoms with Crippen LogP contribution >= 0.6 is 24.0 Å². The first kappa shape index (κ1) is 23.4. The number of nitrogens with zero attached hydrogens (tertiary/aromatic N) is 1. The van der Waals surface area contributed by atoms with Crippen molar-refractivity contribution in [1.82, 2.24) is 16.0 Å². The van der Waals surface area contributed by atoms with Gasteiger partial charge in [0.1, 0.15) is 0 Å². The summed E-state index contributed by atoms with van der Waals surface area (Å²) in [6, 6.07) is 11.4. The van der Waals surface area contributed by atoms with Crippen LogP contribution in [-0.2, 0) is 4.74 Å². The number of ether oxygens (including phenoxy) is 1. The molecule has 0 spiro atoms. The minimum Gasteiger partial charge on any atom is -0.373 e. The first-order chi connectivity index (χ1) is 13.1. The van der Waals surface area contributed by atoms with Gasteiger partial charge in [0.05, 0.1) is 18.2 Å². The zero-order valence-corrected chi connectivity index (χ0v) is 20.0. The molecule has 1 aromatic carbocycles. The van der Waals surface area contributed by atoms with Gasteiger partial charge in [0.2, 0.25) is 0 Å². The van der Waals surface area contributed by atoms with Gasteiger partial charge >= 0.3 is 0 Å².